The molecule has 0 aliphatic carbocycles. The summed E-state index contributed by atoms with van der Waals surface area (Å²) in [6, 6.07) is 0. The van der Waals surface area contributed by atoms with E-state index in [-0.39, 0.29) is 0 Å². The number of nitrogens with one attached hydrogen (secondary N) is 1. The second kappa shape index (κ2) is 38.0. The summed E-state index contributed by atoms with van der Waals surface area (Å²) in [4.78, 5) is 0. The third kappa shape index (κ3) is 38.0. The van der Waals surface area contributed by atoms with Gasteiger partial charge in [-0.05, 0) is 25.9 Å². The zero-order valence-corrected chi connectivity index (χ0v) is 28.0. The predicted molar refractivity (Wildman–Crippen MR) is 181 cm³/mol. The number of hydrogen-bond donors (Lipinski definition) is 1. The van der Waals surface area contributed by atoms with Crippen molar-refractivity contribution in [3.05, 3.63) is 0 Å². The molecule has 0 aliphatic heterocycles. The minimum atomic E-state index is 1.25. The third-order valence-corrected chi connectivity index (χ3v) is 8.91. The smallest absolute Gasteiger partial charge is 0.00489 e. The molecule has 0 saturated heterocycles. The fourth-order valence-corrected chi connectivity index (χ4v) is 6.07. The van der Waals surface area contributed by atoms with Gasteiger partial charge in [0.2, 0.25) is 0 Å². The second-order valence-corrected chi connectivity index (χ2v) is 13.1. The molecule has 236 valence electrons. The highest BCUT2D eigenvalue weighted by molar-refractivity contribution is 4.54. The van der Waals surface area contributed by atoms with Gasteiger partial charge in [-0.1, -0.05) is 219 Å². The summed E-state index contributed by atoms with van der Waals surface area (Å²) < 4.78 is 0. The molecule has 1 N–H and O–H groups in total. The molecule has 0 bridgehead atoms. The van der Waals surface area contributed by atoms with E-state index in [0.717, 1.165) is 0 Å². The van der Waals surface area contributed by atoms with Crippen LogP contribution in [0.1, 0.15) is 232 Å². The Morgan fingerprint density at radius 3 is 0.538 bits per heavy atom. The lowest BCUT2D eigenvalue weighted by molar-refractivity contribution is 0.513. The van der Waals surface area contributed by atoms with Gasteiger partial charge in [0.15, 0.2) is 0 Å². The molecular weight excluding hydrogens is 470 g/mol. The Bertz CT molecular complexity index is 356. The van der Waals surface area contributed by atoms with Gasteiger partial charge in [-0.2, -0.15) is 0 Å². The molecule has 0 spiro atoms. The van der Waals surface area contributed by atoms with Crippen molar-refractivity contribution in [3.8, 4) is 0 Å². The van der Waals surface area contributed by atoms with Crippen LogP contribution in [0.25, 0.3) is 0 Å². The Hall–Kier alpha value is -0.0400. The molecule has 1 nitrogen and oxygen atoms in total. The molecule has 0 heterocycles. The molecule has 0 fully saturated rings. The first-order valence-electron chi connectivity index (χ1n) is 19.1. The van der Waals surface area contributed by atoms with Crippen LogP contribution in [0.4, 0.5) is 0 Å². The van der Waals surface area contributed by atoms with Crippen molar-refractivity contribution in [2.24, 2.45) is 0 Å². The predicted octanol–water partition coefficient (Wildman–Crippen LogP) is 13.9. The number of unbranched alkanes of at least 4 members (excludes halogenated alkanes) is 32. The van der Waals surface area contributed by atoms with Gasteiger partial charge in [0.05, 0.1) is 0 Å². The third-order valence-electron chi connectivity index (χ3n) is 8.91. The lowest BCUT2D eigenvalue weighted by Gasteiger charge is -2.06. The monoisotopic (exact) mass is 550 g/mol. The molecule has 0 saturated carbocycles. The Kier molecular flexibility index (Phi) is 37.9. The van der Waals surface area contributed by atoms with Crippen LogP contribution in [0.5, 0.6) is 0 Å². The molecule has 0 atom stereocenters. The topological polar surface area (TPSA) is 12.0 Å². The molecule has 0 radical (unpaired) electrons. The second-order valence-electron chi connectivity index (χ2n) is 13.1. The molecule has 0 aromatic rings. The van der Waals surface area contributed by atoms with Gasteiger partial charge in [-0.3, -0.25) is 0 Å². The first-order valence-corrected chi connectivity index (χ1v) is 19.1. The largest absolute Gasteiger partial charge is 0.317 e. The highest BCUT2D eigenvalue weighted by Crippen LogP contribution is 2.16. The molecular formula is C38H79N. The highest BCUT2D eigenvalue weighted by Gasteiger charge is 1.97. The van der Waals surface area contributed by atoms with Crippen molar-refractivity contribution in [2.45, 2.75) is 232 Å². The average Bonchev–Trinajstić information content (AvgIpc) is 2.95. The van der Waals surface area contributed by atoms with Crippen LogP contribution in [0, 0.1) is 0 Å². The lowest BCUT2D eigenvalue weighted by Crippen LogP contribution is -2.16. The van der Waals surface area contributed by atoms with Gasteiger partial charge in [0, 0.05) is 0 Å². The Balaban J connectivity index is 3.01. The Morgan fingerprint density at radius 2 is 0.359 bits per heavy atom. The van der Waals surface area contributed by atoms with E-state index in [1.54, 1.807) is 0 Å². The van der Waals surface area contributed by atoms with Crippen LogP contribution in [0.3, 0.4) is 0 Å². The minimum absolute atomic E-state index is 1.25. The van der Waals surface area contributed by atoms with E-state index in [2.05, 4.69) is 19.2 Å². The van der Waals surface area contributed by atoms with E-state index in [1.165, 1.54) is 231 Å². The van der Waals surface area contributed by atoms with Gasteiger partial charge < -0.3 is 5.32 Å². The molecule has 0 rings (SSSR count). The highest BCUT2D eigenvalue weighted by atomic mass is 14.8. The maximum absolute atomic E-state index is 3.68. The van der Waals surface area contributed by atoms with Crippen LogP contribution >= 0.6 is 0 Å². The van der Waals surface area contributed by atoms with E-state index in [1.807, 2.05) is 0 Å². The SMILES string of the molecule is CCCCCCCCCCCCCCCCCCCCCCCCCCNCCCCCCCCCCCC. The van der Waals surface area contributed by atoms with Crippen molar-refractivity contribution in [3.63, 3.8) is 0 Å². The summed E-state index contributed by atoms with van der Waals surface area (Å²) in [6.45, 7) is 7.10. The zero-order valence-electron chi connectivity index (χ0n) is 28.0. The molecule has 1 heteroatoms. The summed E-state index contributed by atoms with van der Waals surface area (Å²) in [5.74, 6) is 0. The summed E-state index contributed by atoms with van der Waals surface area (Å²) in [5, 5.41) is 3.68. The van der Waals surface area contributed by atoms with Crippen molar-refractivity contribution in [2.75, 3.05) is 13.1 Å². The van der Waals surface area contributed by atoms with Crippen LogP contribution in [0.15, 0.2) is 0 Å². The van der Waals surface area contributed by atoms with Gasteiger partial charge in [-0.15, -0.1) is 0 Å². The van der Waals surface area contributed by atoms with E-state index in [9.17, 15) is 0 Å². The Labute approximate surface area is 250 Å². The molecule has 0 unspecified atom stereocenters. The molecule has 0 aromatic carbocycles. The van der Waals surface area contributed by atoms with Crippen molar-refractivity contribution in [1.82, 2.24) is 5.32 Å². The van der Waals surface area contributed by atoms with Gasteiger partial charge in [0.25, 0.3) is 0 Å². The first-order chi connectivity index (χ1) is 19.4. The summed E-state index contributed by atoms with van der Waals surface area (Å²) >= 11 is 0. The van der Waals surface area contributed by atoms with Crippen LogP contribution in [-0.4, -0.2) is 13.1 Å². The summed E-state index contributed by atoms with van der Waals surface area (Å²) in [5.41, 5.74) is 0. The quantitative estimate of drug-likeness (QED) is 0.0766. The molecule has 0 amide bonds. The van der Waals surface area contributed by atoms with Crippen LogP contribution < -0.4 is 5.32 Å². The van der Waals surface area contributed by atoms with Crippen molar-refractivity contribution < 1.29 is 0 Å². The summed E-state index contributed by atoms with van der Waals surface area (Å²) in [6.07, 6.45) is 49.7. The maximum Gasteiger partial charge on any atom is -0.00489 e. The number of rotatable bonds is 36. The lowest BCUT2D eigenvalue weighted by atomic mass is 10.0. The van der Waals surface area contributed by atoms with E-state index >= 15 is 0 Å². The zero-order chi connectivity index (χ0) is 28.2. The minimum Gasteiger partial charge on any atom is -0.317 e. The standard InChI is InChI=1S/C38H79N/c1-3-5-7-9-11-13-15-16-17-18-19-20-21-22-23-24-25-26-27-28-30-32-34-36-38-39-37-35-33-31-29-14-12-10-8-6-4-2/h39H,3-38H2,1-2H3. The molecule has 0 aliphatic rings. The van der Waals surface area contributed by atoms with E-state index in [0.29, 0.717) is 0 Å². The fraction of sp³-hybridized carbons (Fsp3) is 1.00. The van der Waals surface area contributed by atoms with Crippen molar-refractivity contribution >= 4 is 0 Å². The average molecular weight is 550 g/mol. The van der Waals surface area contributed by atoms with Gasteiger partial charge >= 0.3 is 0 Å². The van der Waals surface area contributed by atoms with Gasteiger partial charge in [0.1, 0.15) is 0 Å². The molecule has 39 heavy (non-hydrogen) atoms. The van der Waals surface area contributed by atoms with Crippen LogP contribution in [-0.2, 0) is 0 Å². The Morgan fingerprint density at radius 1 is 0.205 bits per heavy atom. The van der Waals surface area contributed by atoms with Gasteiger partial charge in [-0.25, -0.2) is 0 Å². The van der Waals surface area contributed by atoms with E-state index < -0.39 is 0 Å². The fourth-order valence-electron chi connectivity index (χ4n) is 6.07. The molecule has 0 aromatic heterocycles. The normalized spacial score (nSPS) is 11.5. The maximum atomic E-state index is 3.68. The first kappa shape index (κ1) is 39.0. The van der Waals surface area contributed by atoms with E-state index in [4.69, 9.17) is 0 Å². The number of hydrogen-bond acceptors (Lipinski definition) is 1. The van der Waals surface area contributed by atoms with Crippen molar-refractivity contribution in [1.29, 1.82) is 0 Å². The summed E-state index contributed by atoms with van der Waals surface area (Å²) in [7, 11) is 0. The van der Waals surface area contributed by atoms with Crippen LogP contribution in [0.2, 0.25) is 0 Å².